The van der Waals surface area contributed by atoms with Crippen LogP contribution in [0.1, 0.15) is 24.0 Å². The lowest BCUT2D eigenvalue weighted by atomic mass is 10.2. The van der Waals surface area contributed by atoms with Gasteiger partial charge < -0.3 is 10.1 Å². The molecule has 3 aromatic rings. The molecule has 3 rings (SSSR count). The fourth-order valence-electron chi connectivity index (χ4n) is 2.92. The molecule has 1 atom stereocenters. The van der Waals surface area contributed by atoms with Crippen molar-refractivity contribution in [2.45, 2.75) is 38.7 Å². The van der Waals surface area contributed by atoms with Crippen LogP contribution in [0.15, 0.2) is 53.4 Å². The van der Waals surface area contributed by atoms with E-state index in [4.69, 9.17) is 16.3 Å². The molecule has 0 aliphatic carbocycles. The van der Waals surface area contributed by atoms with Crippen LogP contribution in [0, 0.1) is 20.8 Å². The van der Waals surface area contributed by atoms with Crippen molar-refractivity contribution in [1.82, 2.24) is 9.97 Å². The zero-order valence-corrected chi connectivity index (χ0v) is 19.6. The molecule has 0 saturated carbocycles. The molecule has 8 nitrogen and oxygen atoms in total. The van der Waals surface area contributed by atoms with E-state index in [1.165, 1.54) is 24.3 Å². The summed E-state index contributed by atoms with van der Waals surface area (Å²) in [5, 5.41) is 3.29. The quantitative estimate of drug-likeness (QED) is 0.529. The summed E-state index contributed by atoms with van der Waals surface area (Å²) < 4.78 is 33.4. The van der Waals surface area contributed by atoms with Gasteiger partial charge in [0.25, 0.3) is 15.9 Å². The lowest BCUT2D eigenvalue weighted by Crippen LogP contribution is -2.30. The highest BCUT2D eigenvalue weighted by atomic mass is 35.5. The topological polar surface area (TPSA) is 110 Å². The molecule has 0 bridgehead atoms. The third kappa shape index (κ3) is 5.95. The first-order chi connectivity index (χ1) is 15.0. The Morgan fingerprint density at radius 1 is 1.03 bits per heavy atom. The number of amides is 1. The average molecular weight is 475 g/mol. The maximum atomic E-state index is 12.6. The zero-order valence-electron chi connectivity index (χ0n) is 18.0. The zero-order chi connectivity index (χ0) is 23.5. The third-order valence-electron chi connectivity index (χ3n) is 4.45. The second-order valence-corrected chi connectivity index (χ2v) is 9.35. The Kier molecular flexibility index (Phi) is 7.00. The number of nitrogens with zero attached hydrogens (tertiary/aromatic N) is 2. The molecule has 0 saturated heterocycles. The van der Waals surface area contributed by atoms with E-state index in [1.54, 1.807) is 45.0 Å². The Morgan fingerprint density at radius 2 is 1.72 bits per heavy atom. The van der Waals surface area contributed by atoms with Gasteiger partial charge in [0.15, 0.2) is 6.10 Å². The lowest BCUT2D eigenvalue weighted by molar-refractivity contribution is -0.122. The van der Waals surface area contributed by atoms with Gasteiger partial charge in [0.2, 0.25) is 0 Å². The van der Waals surface area contributed by atoms with Gasteiger partial charge in [-0.1, -0.05) is 11.6 Å². The number of rotatable bonds is 7. The van der Waals surface area contributed by atoms with Crippen molar-refractivity contribution in [3.05, 3.63) is 70.6 Å². The molecule has 1 unspecified atom stereocenters. The van der Waals surface area contributed by atoms with E-state index in [0.717, 1.165) is 5.56 Å². The predicted octanol–water partition coefficient (Wildman–Crippen LogP) is 4.26. The summed E-state index contributed by atoms with van der Waals surface area (Å²) in [4.78, 5) is 20.7. The SMILES string of the molecule is Cc1cc(NS(=O)(=O)c2ccc(NC(=O)C(C)Oc3ccc(Cl)cc3C)cc2)nc(C)n1. The number of carbonyl (C=O) groups is 1. The Morgan fingerprint density at radius 3 is 2.34 bits per heavy atom. The van der Waals surface area contributed by atoms with Crippen LogP contribution in [-0.4, -0.2) is 30.4 Å². The maximum absolute atomic E-state index is 12.6. The summed E-state index contributed by atoms with van der Waals surface area (Å²) in [7, 11) is -3.85. The maximum Gasteiger partial charge on any atom is 0.265 e. The summed E-state index contributed by atoms with van der Waals surface area (Å²) >= 11 is 5.94. The van der Waals surface area contributed by atoms with E-state index in [2.05, 4.69) is 20.0 Å². The number of sulfonamides is 1. The molecule has 0 aliphatic heterocycles. The first-order valence-electron chi connectivity index (χ1n) is 9.72. The van der Waals surface area contributed by atoms with Gasteiger partial charge in [-0.05, 0) is 75.7 Å². The van der Waals surface area contributed by atoms with E-state index in [0.29, 0.717) is 28.0 Å². The monoisotopic (exact) mass is 474 g/mol. The number of halogens is 1. The Balaban J connectivity index is 1.66. The van der Waals surface area contributed by atoms with Crippen molar-refractivity contribution in [2.24, 2.45) is 0 Å². The van der Waals surface area contributed by atoms with Crippen LogP contribution in [0.4, 0.5) is 11.5 Å². The molecule has 2 aromatic carbocycles. The summed E-state index contributed by atoms with van der Waals surface area (Å²) in [5.41, 5.74) is 1.90. The number of nitrogens with one attached hydrogen (secondary N) is 2. The van der Waals surface area contributed by atoms with Gasteiger partial charge in [0, 0.05) is 22.5 Å². The molecule has 0 aliphatic rings. The van der Waals surface area contributed by atoms with Gasteiger partial charge >= 0.3 is 0 Å². The Bertz CT molecular complexity index is 1230. The highest BCUT2D eigenvalue weighted by Crippen LogP contribution is 2.23. The molecule has 2 N–H and O–H groups in total. The standard InChI is InChI=1S/C22H23ClN4O4S/c1-13-11-17(23)5-10-20(13)31-15(3)22(28)26-18-6-8-19(9-7-18)32(29,30)27-21-12-14(2)24-16(4)25-21/h5-12,15H,1-4H3,(H,26,28)(H,24,25,27). The number of hydrogen-bond acceptors (Lipinski definition) is 6. The number of ether oxygens (including phenoxy) is 1. The van der Waals surface area contributed by atoms with Gasteiger partial charge in [-0.2, -0.15) is 0 Å². The molecule has 0 radical (unpaired) electrons. The highest BCUT2D eigenvalue weighted by Gasteiger charge is 2.18. The van der Waals surface area contributed by atoms with E-state index in [9.17, 15) is 13.2 Å². The first kappa shape index (κ1) is 23.5. The van der Waals surface area contributed by atoms with Crippen LogP contribution in [0.5, 0.6) is 5.75 Å². The van der Waals surface area contributed by atoms with Crippen LogP contribution in [0.3, 0.4) is 0 Å². The lowest BCUT2D eigenvalue weighted by Gasteiger charge is -2.16. The third-order valence-corrected chi connectivity index (χ3v) is 6.05. The molecule has 1 heterocycles. The fourth-order valence-corrected chi connectivity index (χ4v) is 4.13. The average Bonchev–Trinajstić information content (AvgIpc) is 2.69. The van der Waals surface area contributed by atoms with Crippen LogP contribution in [-0.2, 0) is 14.8 Å². The van der Waals surface area contributed by atoms with Gasteiger partial charge in [-0.15, -0.1) is 0 Å². The minimum atomic E-state index is -3.85. The summed E-state index contributed by atoms with van der Waals surface area (Å²) in [5.74, 6) is 0.835. The second kappa shape index (κ2) is 9.54. The second-order valence-electron chi connectivity index (χ2n) is 7.23. The first-order valence-corrected chi connectivity index (χ1v) is 11.6. The molecule has 32 heavy (non-hydrogen) atoms. The molecule has 1 amide bonds. The molecule has 168 valence electrons. The number of aromatic nitrogens is 2. The Hall–Kier alpha value is -3.17. The van der Waals surface area contributed by atoms with Crippen molar-refractivity contribution in [3.63, 3.8) is 0 Å². The molecule has 0 fully saturated rings. The van der Waals surface area contributed by atoms with E-state index in [-0.39, 0.29) is 16.6 Å². The van der Waals surface area contributed by atoms with Gasteiger partial charge in [-0.25, -0.2) is 18.4 Å². The van der Waals surface area contributed by atoms with Gasteiger partial charge in [-0.3, -0.25) is 9.52 Å². The number of aryl methyl sites for hydroxylation is 3. The van der Waals surface area contributed by atoms with Gasteiger partial charge in [0.1, 0.15) is 17.4 Å². The van der Waals surface area contributed by atoms with Crippen molar-refractivity contribution >= 4 is 39.0 Å². The van der Waals surface area contributed by atoms with Crippen LogP contribution < -0.4 is 14.8 Å². The smallest absolute Gasteiger partial charge is 0.265 e. The number of hydrogen-bond donors (Lipinski definition) is 2. The van der Waals surface area contributed by atoms with E-state index < -0.39 is 16.1 Å². The minimum absolute atomic E-state index is 0.0329. The molecule has 1 aromatic heterocycles. The highest BCUT2D eigenvalue weighted by molar-refractivity contribution is 7.92. The number of anilines is 2. The van der Waals surface area contributed by atoms with Crippen molar-refractivity contribution in [3.8, 4) is 5.75 Å². The predicted molar refractivity (Wildman–Crippen MR) is 124 cm³/mol. The van der Waals surface area contributed by atoms with Crippen LogP contribution >= 0.6 is 11.6 Å². The summed E-state index contributed by atoms with van der Waals surface area (Å²) in [6, 6.07) is 12.5. The van der Waals surface area contributed by atoms with Crippen LogP contribution in [0.25, 0.3) is 0 Å². The summed E-state index contributed by atoms with van der Waals surface area (Å²) in [6.07, 6.45) is -0.774. The largest absolute Gasteiger partial charge is 0.481 e. The number of benzene rings is 2. The van der Waals surface area contributed by atoms with Crippen molar-refractivity contribution in [1.29, 1.82) is 0 Å². The van der Waals surface area contributed by atoms with E-state index >= 15 is 0 Å². The molecule has 10 heteroatoms. The minimum Gasteiger partial charge on any atom is -0.481 e. The fraction of sp³-hybridized carbons (Fsp3) is 0.227. The van der Waals surface area contributed by atoms with E-state index in [1.807, 2.05) is 6.92 Å². The molecule has 0 spiro atoms. The normalized spacial score (nSPS) is 12.2. The van der Waals surface area contributed by atoms with Crippen molar-refractivity contribution in [2.75, 3.05) is 10.0 Å². The van der Waals surface area contributed by atoms with Gasteiger partial charge in [0.05, 0.1) is 4.90 Å². The molecular formula is C22H23ClN4O4S. The number of carbonyl (C=O) groups excluding carboxylic acids is 1. The van der Waals surface area contributed by atoms with Crippen LogP contribution in [0.2, 0.25) is 5.02 Å². The van der Waals surface area contributed by atoms with Crippen molar-refractivity contribution < 1.29 is 17.9 Å². The summed E-state index contributed by atoms with van der Waals surface area (Å²) in [6.45, 7) is 6.89. The Labute approximate surface area is 192 Å². The molecular weight excluding hydrogens is 452 g/mol.